The Morgan fingerprint density at radius 3 is 1.47 bits per heavy atom. The van der Waals surface area contributed by atoms with Crippen LogP contribution in [-0.2, 0) is 29.0 Å². The molecule has 49 heavy (non-hydrogen) atoms. The average Bonchev–Trinajstić information content (AvgIpc) is 2.98. The second-order valence-electron chi connectivity index (χ2n) is 10.3. The van der Waals surface area contributed by atoms with Crippen LogP contribution in [0.15, 0.2) is 54.6 Å². The van der Waals surface area contributed by atoms with Crippen molar-refractivity contribution in [3.05, 3.63) is 71.3 Å². The minimum absolute atomic E-state index is 0.0101. The number of carboxylic acid groups (broad SMARTS) is 1. The molecule has 0 aromatic heterocycles. The van der Waals surface area contributed by atoms with Crippen molar-refractivity contribution in [2.45, 2.75) is 79.5 Å². The van der Waals surface area contributed by atoms with Crippen LogP contribution >= 0.6 is 0 Å². The van der Waals surface area contributed by atoms with Crippen molar-refractivity contribution >= 4 is 12.1 Å². The van der Waals surface area contributed by atoms with E-state index in [1.54, 1.807) is 30.3 Å². The molecule has 0 radical (unpaired) electrons. The fourth-order valence-corrected chi connectivity index (χ4v) is 3.84. The highest BCUT2D eigenvalue weighted by Crippen LogP contribution is 2.64. The van der Waals surface area contributed by atoms with Crippen LogP contribution in [0, 0.1) is 0 Å². The Morgan fingerprint density at radius 2 is 1.02 bits per heavy atom. The molecule has 0 saturated carbocycles. The van der Waals surface area contributed by atoms with Crippen LogP contribution in [0.25, 0.3) is 0 Å². The standard InChI is InChI=1S/C27H20F17NO4/c28-20(29,21(30,31)22(32,33)23(34,35)24(36,37)25(38,39)26(40,41)27(42,43)44)11-10-14-6-8-16(9-7-14)13-49-19(48)45-17(18(46)47)12-15-4-2-1-3-5-15/h1-9,17H,10-13H2,(H,45,48)(H,46,47). The number of hydrogen-bond donors (Lipinski definition) is 2. The first-order chi connectivity index (χ1) is 22.0. The van der Waals surface area contributed by atoms with Crippen molar-refractivity contribution in [3.63, 3.8) is 0 Å². The molecule has 0 spiro atoms. The summed E-state index contributed by atoms with van der Waals surface area (Å²) < 4.78 is 233. The van der Waals surface area contributed by atoms with Crippen molar-refractivity contribution in [1.29, 1.82) is 0 Å². The quantitative estimate of drug-likeness (QED) is 0.179. The van der Waals surface area contributed by atoms with E-state index in [9.17, 15) is 89.3 Å². The van der Waals surface area contributed by atoms with Gasteiger partial charge in [0.15, 0.2) is 0 Å². The second-order valence-corrected chi connectivity index (χ2v) is 10.3. The predicted octanol–water partition coefficient (Wildman–Crippen LogP) is 8.55. The SMILES string of the molecule is O=C(NC(Cc1ccccc1)C(=O)O)OCc1ccc(CCC(F)(F)C(F)(F)C(F)(F)C(F)(F)C(F)(F)C(F)(F)C(F)(F)C(F)(F)F)cc1. The maximum atomic E-state index is 14.2. The Morgan fingerprint density at radius 1 is 0.592 bits per heavy atom. The molecule has 2 aromatic carbocycles. The van der Waals surface area contributed by atoms with E-state index in [1.807, 2.05) is 5.32 Å². The third-order valence-electron chi connectivity index (χ3n) is 6.78. The van der Waals surface area contributed by atoms with Gasteiger partial charge in [-0.3, -0.25) is 0 Å². The van der Waals surface area contributed by atoms with Crippen LogP contribution in [0.5, 0.6) is 0 Å². The first-order valence-corrected chi connectivity index (χ1v) is 13.0. The lowest BCUT2D eigenvalue weighted by molar-refractivity contribution is -0.461. The van der Waals surface area contributed by atoms with E-state index in [-0.39, 0.29) is 12.0 Å². The first-order valence-electron chi connectivity index (χ1n) is 13.0. The van der Waals surface area contributed by atoms with Gasteiger partial charge in [0.05, 0.1) is 0 Å². The van der Waals surface area contributed by atoms with Crippen LogP contribution < -0.4 is 5.32 Å². The van der Waals surface area contributed by atoms with Crippen LogP contribution in [0.2, 0.25) is 0 Å². The van der Waals surface area contributed by atoms with Gasteiger partial charge in [-0.05, 0) is 23.1 Å². The summed E-state index contributed by atoms with van der Waals surface area (Å²) in [4.78, 5) is 23.4. The molecule has 2 N–H and O–H groups in total. The minimum atomic E-state index is -8.69. The predicted molar refractivity (Wildman–Crippen MR) is 130 cm³/mol. The van der Waals surface area contributed by atoms with Gasteiger partial charge in [-0.2, -0.15) is 74.6 Å². The fraction of sp³-hybridized carbons (Fsp3) is 0.481. The van der Waals surface area contributed by atoms with Crippen molar-refractivity contribution in [3.8, 4) is 0 Å². The summed E-state index contributed by atoms with van der Waals surface area (Å²) in [6.07, 6.45) is -13.3. The molecule has 0 bridgehead atoms. The van der Waals surface area contributed by atoms with Crippen molar-refractivity contribution in [2.75, 3.05) is 0 Å². The van der Waals surface area contributed by atoms with E-state index in [1.165, 1.54) is 0 Å². The maximum Gasteiger partial charge on any atom is 0.460 e. The molecular weight excluding hydrogens is 725 g/mol. The summed E-state index contributed by atoms with van der Waals surface area (Å²) in [5.74, 6) is -58.2. The van der Waals surface area contributed by atoms with Gasteiger partial charge in [0.1, 0.15) is 12.6 Å². The number of aliphatic carboxylic acids is 1. The molecule has 0 aliphatic carbocycles. The molecule has 1 unspecified atom stereocenters. The van der Waals surface area contributed by atoms with Gasteiger partial charge in [-0.15, -0.1) is 0 Å². The zero-order valence-electron chi connectivity index (χ0n) is 23.7. The molecule has 2 rings (SSSR count). The lowest BCUT2D eigenvalue weighted by Crippen LogP contribution is -2.74. The van der Waals surface area contributed by atoms with Gasteiger partial charge in [-0.1, -0.05) is 54.6 Å². The van der Waals surface area contributed by atoms with E-state index in [2.05, 4.69) is 0 Å². The number of benzene rings is 2. The zero-order chi connectivity index (χ0) is 38.1. The average molecular weight is 745 g/mol. The van der Waals surface area contributed by atoms with Gasteiger partial charge >= 0.3 is 59.7 Å². The number of ether oxygens (including phenoxy) is 1. The number of carbonyl (C=O) groups is 2. The number of carbonyl (C=O) groups excluding carboxylic acids is 1. The van der Waals surface area contributed by atoms with Gasteiger partial charge < -0.3 is 15.2 Å². The monoisotopic (exact) mass is 745 g/mol. The van der Waals surface area contributed by atoms with E-state index in [0.717, 1.165) is 24.3 Å². The fourth-order valence-electron chi connectivity index (χ4n) is 3.84. The van der Waals surface area contributed by atoms with Crippen LogP contribution in [0.1, 0.15) is 23.1 Å². The zero-order valence-corrected chi connectivity index (χ0v) is 23.7. The van der Waals surface area contributed by atoms with Crippen molar-refractivity contribution in [1.82, 2.24) is 5.32 Å². The first kappa shape index (κ1) is 41.2. The van der Waals surface area contributed by atoms with Gasteiger partial charge in [0, 0.05) is 12.8 Å². The summed E-state index contributed by atoms with van der Waals surface area (Å²) in [5.41, 5.74) is 0.0433. The van der Waals surface area contributed by atoms with Crippen LogP contribution in [0.3, 0.4) is 0 Å². The van der Waals surface area contributed by atoms with Gasteiger partial charge in [-0.25, -0.2) is 9.59 Å². The number of halogens is 17. The molecule has 1 atom stereocenters. The number of amides is 1. The normalized spacial score (nSPS) is 14.7. The Labute approximate surface area is 263 Å². The summed E-state index contributed by atoms with van der Waals surface area (Å²) in [6.45, 7) is -0.633. The minimum Gasteiger partial charge on any atom is -0.480 e. The van der Waals surface area contributed by atoms with E-state index in [4.69, 9.17) is 4.74 Å². The largest absolute Gasteiger partial charge is 0.480 e. The molecule has 0 heterocycles. The van der Waals surface area contributed by atoms with E-state index < -0.39 is 90.8 Å². The molecule has 0 aliphatic rings. The van der Waals surface area contributed by atoms with E-state index in [0.29, 0.717) is 5.56 Å². The highest BCUT2D eigenvalue weighted by molar-refractivity contribution is 5.80. The van der Waals surface area contributed by atoms with Gasteiger partial charge in [0.2, 0.25) is 0 Å². The molecule has 276 valence electrons. The van der Waals surface area contributed by atoms with E-state index >= 15 is 0 Å². The number of nitrogens with one attached hydrogen (secondary N) is 1. The Balaban J connectivity index is 2.13. The van der Waals surface area contributed by atoms with Crippen molar-refractivity contribution < 1.29 is 94.1 Å². The lowest BCUT2D eigenvalue weighted by atomic mass is 9.87. The lowest BCUT2D eigenvalue weighted by Gasteiger charge is -2.42. The Kier molecular flexibility index (Phi) is 11.5. The number of alkyl carbamates (subject to hydrolysis) is 1. The second kappa shape index (κ2) is 13.7. The third kappa shape index (κ3) is 7.76. The topological polar surface area (TPSA) is 75.6 Å². The Bertz CT molecular complexity index is 1450. The summed E-state index contributed by atoms with van der Waals surface area (Å²) in [6, 6.07) is 10.00. The molecule has 22 heteroatoms. The number of carboxylic acids is 1. The highest BCUT2D eigenvalue weighted by Gasteiger charge is 2.95. The van der Waals surface area contributed by atoms with Crippen LogP contribution in [0.4, 0.5) is 79.4 Å². The number of aryl methyl sites for hydroxylation is 1. The van der Waals surface area contributed by atoms with Crippen molar-refractivity contribution in [2.24, 2.45) is 0 Å². The Hall–Kier alpha value is -4.01. The number of hydrogen-bond acceptors (Lipinski definition) is 3. The molecule has 1 amide bonds. The molecule has 0 aliphatic heterocycles. The molecule has 2 aromatic rings. The summed E-state index contributed by atoms with van der Waals surface area (Å²) >= 11 is 0. The summed E-state index contributed by atoms with van der Waals surface area (Å²) in [7, 11) is 0. The summed E-state index contributed by atoms with van der Waals surface area (Å²) in [5, 5.41) is 11.3. The van der Waals surface area contributed by atoms with Gasteiger partial charge in [0.25, 0.3) is 0 Å². The molecule has 0 fully saturated rings. The smallest absolute Gasteiger partial charge is 0.460 e. The highest BCUT2D eigenvalue weighted by atomic mass is 19.4. The number of rotatable bonds is 15. The maximum absolute atomic E-state index is 14.2. The molecular formula is C27H20F17NO4. The number of alkyl halides is 17. The molecule has 0 saturated heterocycles. The van der Waals surface area contributed by atoms with Crippen LogP contribution in [-0.4, -0.2) is 70.8 Å². The molecule has 5 nitrogen and oxygen atoms in total. The third-order valence-corrected chi connectivity index (χ3v) is 6.78.